The number of hydrogen-bond donors (Lipinski definition) is 1. The summed E-state index contributed by atoms with van der Waals surface area (Å²) in [4.78, 5) is 26.3. The van der Waals surface area contributed by atoms with Crippen LogP contribution in [0.3, 0.4) is 0 Å². The van der Waals surface area contributed by atoms with Gasteiger partial charge in [0.25, 0.3) is 0 Å². The quantitative estimate of drug-likeness (QED) is 0.839. The van der Waals surface area contributed by atoms with Crippen LogP contribution in [-0.2, 0) is 4.79 Å². The Bertz CT molecular complexity index is 320. The topological polar surface area (TPSA) is 60.9 Å². The maximum atomic E-state index is 12.2. The lowest BCUT2D eigenvalue weighted by atomic mass is 10.0. The van der Waals surface area contributed by atoms with E-state index in [9.17, 15) is 9.59 Å². The van der Waals surface area contributed by atoms with Crippen LogP contribution in [-0.4, -0.2) is 57.2 Å². The van der Waals surface area contributed by atoms with Gasteiger partial charge in [0.05, 0.1) is 5.88 Å². The molecule has 0 radical (unpaired) electrons. The first-order valence-corrected chi connectivity index (χ1v) is 6.81. The molecule has 1 heterocycles. The number of carboxylic acid groups (broad SMARTS) is 1. The first-order valence-electron chi connectivity index (χ1n) is 5.66. The third-order valence-corrected chi connectivity index (χ3v) is 4.49. The standard InChI is InChI=1S/C11H20N2O3S/c1-5-11(2,3)12(4)10(16)13-7-17-6-8(13)9(14)15/h8H,5-7H2,1-4H3,(H,14,15)/t8-/m0/s1. The van der Waals surface area contributed by atoms with Crippen molar-refractivity contribution < 1.29 is 14.7 Å². The second kappa shape index (κ2) is 5.16. The average Bonchev–Trinajstić information content (AvgIpc) is 2.75. The first kappa shape index (κ1) is 14.2. The van der Waals surface area contributed by atoms with Gasteiger partial charge in [-0.2, -0.15) is 0 Å². The van der Waals surface area contributed by atoms with Crippen molar-refractivity contribution in [1.29, 1.82) is 0 Å². The number of carbonyl (C=O) groups is 2. The van der Waals surface area contributed by atoms with E-state index in [0.29, 0.717) is 11.6 Å². The summed E-state index contributed by atoms with van der Waals surface area (Å²) in [5.74, 6) is 0.00700. The molecule has 1 rings (SSSR count). The number of amides is 2. The summed E-state index contributed by atoms with van der Waals surface area (Å²) < 4.78 is 0. The fraction of sp³-hybridized carbons (Fsp3) is 0.818. The highest BCUT2D eigenvalue weighted by Gasteiger charge is 2.38. The lowest BCUT2D eigenvalue weighted by Gasteiger charge is -2.38. The number of urea groups is 1. The molecule has 98 valence electrons. The van der Waals surface area contributed by atoms with Crippen LogP contribution in [0.15, 0.2) is 0 Å². The molecule has 1 saturated heterocycles. The van der Waals surface area contributed by atoms with Crippen molar-refractivity contribution in [2.45, 2.75) is 38.8 Å². The van der Waals surface area contributed by atoms with E-state index in [1.165, 1.54) is 16.7 Å². The summed E-state index contributed by atoms with van der Waals surface area (Å²) in [6.07, 6.45) is 0.827. The number of thioether (sulfide) groups is 1. The van der Waals surface area contributed by atoms with Crippen molar-refractivity contribution in [2.24, 2.45) is 0 Å². The van der Waals surface area contributed by atoms with Crippen LogP contribution in [0.5, 0.6) is 0 Å². The van der Waals surface area contributed by atoms with Crippen molar-refractivity contribution in [3.8, 4) is 0 Å². The van der Waals surface area contributed by atoms with Gasteiger partial charge < -0.3 is 14.9 Å². The lowest BCUT2D eigenvalue weighted by molar-refractivity contribution is -0.141. The third kappa shape index (κ3) is 2.86. The molecule has 0 unspecified atom stereocenters. The maximum Gasteiger partial charge on any atom is 0.327 e. The number of rotatable bonds is 3. The van der Waals surface area contributed by atoms with Crippen molar-refractivity contribution >= 4 is 23.8 Å². The number of carboxylic acids is 1. The van der Waals surface area contributed by atoms with Crippen LogP contribution in [0.4, 0.5) is 4.79 Å². The average molecular weight is 260 g/mol. The molecule has 0 aromatic carbocycles. The van der Waals surface area contributed by atoms with Gasteiger partial charge in [0, 0.05) is 18.3 Å². The fourth-order valence-corrected chi connectivity index (χ4v) is 2.66. The molecule has 0 saturated carbocycles. The van der Waals surface area contributed by atoms with Crippen LogP contribution in [0.25, 0.3) is 0 Å². The van der Waals surface area contributed by atoms with Gasteiger partial charge in [-0.3, -0.25) is 0 Å². The molecule has 1 aliphatic heterocycles. The summed E-state index contributed by atoms with van der Waals surface area (Å²) in [5, 5.41) is 9.05. The van der Waals surface area contributed by atoms with E-state index < -0.39 is 12.0 Å². The summed E-state index contributed by atoms with van der Waals surface area (Å²) >= 11 is 1.48. The highest BCUT2D eigenvalue weighted by atomic mass is 32.2. The summed E-state index contributed by atoms with van der Waals surface area (Å²) in [6.45, 7) is 5.96. The van der Waals surface area contributed by atoms with Crippen molar-refractivity contribution in [1.82, 2.24) is 9.80 Å². The van der Waals surface area contributed by atoms with Gasteiger partial charge in [0.2, 0.25) is 0 Å². The number of aliphatic carboxylic acids is 1. The molecule has 0 bridgehead atoms. The largest absolute Gasteiger partial charge is 0.480 e. The maximum absolute atomic E-state index is 12.2. The Morgan fingerprint density at radius 2 is 2.12 bits per heavy atom. The predicted molar refractivity (Wildman–Crippen MR) is 68.1 cm³/mol. The minimum atomic E-state index is -0.925. The van der Waals surface area contributed by atoms with Crippen molar-refractivity contribution in [3.05, 3.63) is 0 Å². The zero-order valence-corrected chi connectivity index (χ0v) is 11.6. The Labute approximate surface area is 106 Å². The van der Waals surface area contributed by atoms with E-state index in [4.69, 9.17) is 5.11 Å². The van der Waals surface area contributed by atoms with Gasteiger partial charge in [0.15, 0.2) is 0 Å². The van der Waals surface area contributed by atoms with Gasteiger partial charge >= 0.3 is 12.0 Å². The van der Waals surface area contributed by atoms with E-state index in [-0.39, 0.29) is 11.6 Å². The molecule has 17 heavy (non-hydrogen) atoms. The molecular formula is C11H20N2O3S. The van der Waals surface area contributed by atoms with Crippen LogP contribution in [0.2, 0.25) is 0 Å². The summed E-state index contributed by atoms with van der Waals surface area (Å²) in [5.41, 5.74) is -0.257. The summed E-state index contributed by atoms with van der Waals surface area (Å²) in [7, 11) is 1.73. The normalized spacial score (nSPS) is 20.5. The Balaban J connectivity index is 2.79. The molecule has 0 aromatic rings. The number of hydrogen-bond acceptors (Lipinski definition) is 3. The molecule has 2 amide bonds. The zero-order chi connectivity index (χ0) is 13.2. The molecule has 0 aliphatic carbocycles. The van der Waals surface area contributed by atoms with E-state index in [0.717, 1.165) is 6.42 Å². The second-order valence-electron chi connectivity index (χ2n) is 4.83. The highest BCUT2D eigenvalue weighted by molar-refractivity contribution is 7.99. The molecule has 0 aromatic heterocycles. The monoisotopic (exact) mass is 260 g/mol. The molecule has 1 aliphatic rings. The minimum absolute atomic E-state index is 0.200. The predicted octanol–water partition coefficient (Wildman–Crippen LogP) is 1.69. The van der Waals surface area contributed by atoms with E-state index >= 15 is 0 Å². The van der Waals surface area contributed by atoms with Crippen molar-refractivity contribution in [3.63, 3.8) is 0 Å². The van der Waals surface area contributed by atoms with Gasteiger partial charge in [-0.15, -0.1) is 11.8 Å². The number of carbonyl (C=O) groups excluding carboxylic acids is 1. The van der Waals surface area contributed by atoms with Crippen LogP contribution < -0.4 is 0 Å². The number of nitrogens with zero attached hydrogens (tertiary/aromatic N) is 2. The van der Waals surface area contributed by atoms with Gasteiger partial charge in [-0.05, 0) is 20.3 Å². The lowest BCUT2D eigenvalue weighted by Crippen LogP contribution is -2.53. The Hall–Kier alpha value is -0.910. The molecule has 1 fully saturated rings. The third-order valence-electron chi connectivity index (χ3n) is 3.47. The molecule has 6 heteroatoms. The molecular weight excluding hydrogens is 240 g/mol. The molecule has 0 spiro atoms. The Kier molecular flexibility index (Phi) is 4.30. The van der Waals surface area contributed by atoms with Gasteiger partial charge in [-0.25, -0.2) is 9.59 Å². The zero-order valence-electron chi connectivity index (χ0n) is 10.8. The van der Waals surface area contributed by atoms with Crippen LogP contribution >= 0.6 is 11.8 Å². The van der Waals surface area contributed by atoms with E-state index in [2.05, 4.69) is 0 Å². The van der Waals surface area contributed by atoms with Gasteiger partial charge in [0.1, 0.15) is 6.04 Å². The smallest absolute Gasteiger partial charge is 0.327 e. The highest BCUT2D eigenvalue weighted by Crippen LogP contribution is 2.25. The van der Waals surface area contributed by atoms with E-state index in [1.807, 2.05) is 20.8 Å². The van der Waals surface area contributed by atoms with Crippen molar-refractivity contribution in [2.75, 3.05) is 18.7 Å². The molecule has 5 nitrogen and oxygen atoms in total. The molecule has 1 N–H and O–H groups in total. The molecule has 1 atom stereocenters. The van der Waals surface area contributed by atoms with Crippen LogP contribution in [0.1, 0.15) is 27.2 Å². The second-order valence-corrected chi connectivity index (χ2v) is 5.83. The van der Waals surface area contributed by atoms with Crippen LogP contribution in [0, 0.1) is 0 Å². The SMILES string of the molecule is CCC(C)(C)N(C)C(=O)N1CSC[C@H]1C(=O)O. The Morgan fingerprint density at radius 1 is 1.53 bits per heavy atom. The Morgan fingerprint density at radius 3 is 2.59 bits per heavy atom. The van der Waals surface area contributed by atoms with E-state index in [1.54, 1.807) is 11.9 Å². The minimum Gasteiger partial charge on any atom is -0.480 e. The first-order chi connectivity index (χ1) is 7.81. The summed E-state index contributed by atoms with van der Waals surface area (Å²) in [6, 6.07) is -0.892. The van der Waals surface area contributed by atoms with Gasteiger partial charge in [-0.1, -0.05) is 6.92 Å². The fourth-order valence-electron chi connectivity index (χ4n) is 1.52.